The lowest BCUT2D eigenvalue weighted by Gasteiger charge is -2.13. The first kappa shape index (κ1) is 13.1. The molecule has 0 heterocycles. The summed E-state index contributed by atoms with van der Waals surface area (Å²) in [6.45, 7) is 1.90. The minimum Gasteiger partial charge on any atom is -0.166 e. The van der Waals surface area contributed by atoms with Crippen LogP contribution in [0.15, 0.2) is 46.9 Å². The summed E-state index contributed by atoms with van der Waals surface area (Å²) in [6.07, 6.45) is -4.36. The molecule has 18 heavy (non-hydrogen) atoms. The topological polar surface area (TPSA) is 0 Å². The van der Waals surface area contributed by atoms with E-state index in [4.69, 9.17) is 0 Å². The van der Waals surface area contributed by atoms with E-state index in [2.05, 4.69) is 15.9 Å². The molecule has 2 rings (SSSR count). The third-order valence-electron chi connectivity index (χ3n) is 2.65. The van der Waals surface area contributed by atoms with Gasteiger partial charge < -0.3 is 0 Å². The highest BCUT2D eigenvalue weighted by atomic mass is 79.9. The molecule has 0 aliphatic heterocycles. The Hall–Kier alpha value is -1.29. The summed E-state index contributed by atoms with van der Waals surface area (Å²) in [5.74, 6) is 0. The highest BCUT2D eigenvalue weighted by molar-refractivity contribution is 9.10. The Morgan fingerprint density at radius 2 is 1.56 bits per heavy atom. The SMILES string of the molecule is Cc1ccc(-c2ccc(Br)cc2C(F)(F)F)cc1. The Morgan fingerprint density at radius 1 is 0.944 bits per heavy atom. The predicted octanol–water partition coefficient (Wildman–Crippen LogP) is 5.44. The molecule has 0 unspecified atom stereocenters. The van der Waals surface area contributed by atoms with E-state index < -0.39 is 11.7 Å². The van der Waals surface area contributed by atoms with E-state index in [0.29, 0.717) is 10.0 Å². The van der Waals surface area contributed by atoms with Crippen molar-refractivity contribution in [2.75, 3.05) is 0 Å². The molecule has 2 aromatic carbocycles. The third-order valence-corrected chi connectivity index (χ3v) is 3.14. The zero-order valence-corrected chi connectivity index (χ0v) is 11.1. The molecular weight excluding hydrogens is 305 g/mol. The average molecular weight is 315 g/mol. The van der Waals surface area contributed by atoms with Crippen molar-refractivity contribution in [2.45, 2.75) is 13.1 Å². The van der Waals surface area contributed by atoms with Crippen LogP contribution in [-0.2, 0) is 6.18 Å². The zero-order chi connectivity index (χ0) is 13.3. The van der Waals surface area contributed by atoms with Gasteiger partial charge in [-0.25, -0.2) is 0 Å². The van der Waals surface area contributed by atoms with Crippen LogP contribution in [0.2, 0.25) is 0 Å². The Labute approximate surface area is 112 Å². The van der Waals surface area contributed by atoms with Crippen molar-refractivity contribution in [3.05, 3.63) is 58.1 Å². The molecule has 0 aliphatic carbocycles. The van der Waals surface area contributed by atoms with Gasteiger partial charge in [-0.2, -0.15) is 13.2 Å². The van der Waals surface area contributed by atoms with Gasteiger partial charge in [-0.05, 0) is 30.2 Å². The van der Waals surface area contributed by atoms with Crippen LogP contribution >= 0.6 is 15.9 Å². The first-order valence-electron chi connectivity index (χ1n) is 5.32. The molecule has 0 fully saturated rings. The molecule has 0 saturated heterocycles. The number of halogens is 4. The van der Waals surface area contributed by atoms with Crippen LogP contribution in [0.25, 0.3) is 11.1 Å². The molecule has 94 valence electrons. The Kier molecular flexibility index (Phi) is 3.48. The van der Waals surface area contributed by atoms with Crippen molar-refractivity contribution in [1.82, 2.24) is 0 Å². The molecular formula is C14H10BrF3. The van der Waals surface area contributed by atoms with Crippen LogP contribution in [0.4, 0.5) is 13.2 Å². The highest BCUT2D eigenvalue weighted by Crippen LogP contribution is 2.38. The minimum absolute atomic E-state index is 0.200. The van der Waals surface area contributed by atoms with Crippen LogP contribution in [0.5, 0.6) is 0 Å². The average Bonchev–Trinajstić information content (AvgIpc) is 2.29. The van der Waals surface area contributed by atoms with Crippen molar-refractivity contribution >= 4 is 15.9 Å². The number of benzene rings is 2. The van der Waals surface area contributed by atoms with E-state index in [-0.39, 0.29) is 5.56 Å². The molecule has 0 amide bonds. The minimum atomic E-state index is -4.36. The maximum Gasteiger partial charge on any atom is 0.417 e. The maximum atomic E-state index is 13.0. The van der Waals surface area contributed by atoms with Gasteiger partial charge in [-0.1, -0.05) is 51.8 Å². The van der Waals surface area contributed by atoms with Gasteiger partial charge in [-0.15, -0.1) is 0 Å². The third kappa shape index (κ3) is 2.75. The molecule has 0 spiro atoms. The molecule has 2 aromatic rings. The molecule has 0 atom stereocenters. The lowest BCUT2D eigenvalue weighted by molar-refractivity contribution is -0.137. The number of alkyl halides is 3. The van der Waals surface area contributed by atoms with Crippen molar-refractivity contribution in [2.24, 2.45) is 0 Å². The fourth-order valence-corrected chi connectivity index (χ4v) is 2.10. The Bertz CT molecular complexity index is 556. The van der Waals surface area contributed by atoms with Gasteiger partial charge in [0, 0.05) is 4.47 Å². The fraction of sp³-hybridized carbons (Fsp3) is 0.143. The van der Waals surface area contributed by atoms with Crippen molar-refractivity contribution in [1.29, 1.82) is 0 Å². The van der Waals surface area contributed by atoms with Crippen LogP contribution in [0.1, 0.15) is 11.1 Å². The van der Waals surface area contributed by atoms with Crippen LogP contribution in [0.3, 0.4) is 0 Å². The normalized spacial score (nSPS) is 11.6. The van der Waals surface area contributed by atoms with Gasteiger partial charge in [-0.3, -0.25) is 0 Å². The molecule has 0 aromatic heterocycles. The van der Waals surface area contributed by atoms with Crippen molar-refractivity contribution in [3.8, 4) is 11.1 Å². The summed E-state index contributed by atoms with van der Waals surface area (Å²) in [6, 6.07) is 11.2. The van der Waals surface area contributed by atoms with E-state index in [1.165, 1.54) is 6.07 Å². The largest absolute Gasteiger partial charge is 0.417 e. The van der Waals surface area contributed by atoms with Gasteiger partial charge in [0.2, 0.25) is 0 Å². The van der Waals surface area contributed by atoms with E-state index in [1.807, 2.05) is 6.92 Å². The fourth-order valence-electron chi connectivity index (χ4n) is 1.74. The van der Waals surface area contributed by atoms with E-state index in [9.17, 15) is 13.2 Å². The number of hydrogen-bond acceptors (Lipinski definition) is 0. The number of aryl methyl sites for hydroxylation is 1. The lowest BCUT2D eigenvalue weighted by atomic mass is 9.98. The second kappa shape index (κ2) is 4.76. The molecule has 0 saturated carbocycles. The zero-order valence-electron chi connectivity index (χ0n) is 9.55. The molecule has 0 aliphatic rings. The first-order valence-corrected chi connectivity index (χ1v) is 6.11. The molecule has 0 N–H and O–H groups in total. The number of hydrogen-bond donors (Lipinski definition) is 0. The van der Waals surface area contributed by atoms with Crippen LogP contribution in [-0.4, -0.2) is 0 Å². The molecule has 0 radical (unpaired) electrons. The summed E-state index contributed by atoms with van der Waals surface area (Å²) >= 11 is 3.07. The first-order chi connectivity index (χ1) is 8.38. The standard InChI is InChI=1S/C14H10BrF3/c1-9-2-4-10(5-3-9)12-7-6-11(15)8-13(12)14(16,17)18/h2-8H,1H3. The van der Waals surface area contributed by atoms with E-state index >= 15 is 0 Å². The highest BCUT2D eigenvalue weighted by Gasteiger charge is 2.33. The van der Waals surface area contributed by atoms with E-state index in [1.54, 1.807) is 30.3 Å². The van der Waals surface area contributed by atoms with E-state index in [0.717, 1.165) is 11.6 Å². The molecule has 0 nitrogen and oxygen atoms in total. The Morgan fingerprint density at radius 3 is 2.11 bits per heavy atom. The van der Waals surface area contributed by atoms with Gasteiger partial charge in [0.1, 0.15) is 0 Å². The summed E-state index contributed by atoms with van der Waals surface area (Å²) in [4.78, 5) is 0. The van der Waals surface area contributed by atoms with Gasteiger partial charge >= 0.3 is 6.18 Å². The monoisotopic (exact) mass is 314 g/mol. The lowest BCUT2D eigenvalue weighted by Crippen LogP contribution is -2.07. The summed E-state index contributed by atoms with van der Waals surface area (Å²) < 4.78 is 39.3. The quantitative estimate of drug-likeness (QED) is 0.657. The molecule has 4 heteroatoms. The second-order valence-electron chi connectivity index (χ2n) is 4.05. The maximum absolute atomic E-state index is 13.0. The summed E-state index contributed by atoms with van der Waals surface area (Å²) in [5, 5.41) is 0. The van der Waals surface area contributed by atoms with Crippen molar-refractivity contribution in [3.63, 3.8) is 0 Å². The summed E-state index contributed by atoms with van der Waals surface area (Å²) in [7, 11) is 0. The second-order valence-corrected chi connectivity index (χ2v) is 4.97. The van der Waals surface area contributed by atoms with Crippen LogP contribution < -0.4 is 0 Å². The van der Waals surface area contributed by atoms with Crippen LogP contribution in [0, 0.1) is 6.92 Å². The number of rotatable bonds is 1. The van der Waals surface area contributed by atoms with Gasteiger partial charge in [0.15, 0.2) is 0 Å². The summed E-state index contributed by atoms with van der Waals surface area (Å²) in [5.41, 5.74) is 1.16. The van der Waals surface area contributed by atoms with Crippen molar-refractivity contribution < 1.29 is 13.2 Å². The Balaban J connectivity index is 2.60. The van der Waals surface area contributed by atoms with Gasteiger partial charge in [0.25, 0.3) is 0 Å². The molecule has 0 bridgehead atoms. The van der Waals surface area contributed by atoms with Gasteiger partial charge in [0.05, 0.1) is 5.56 Å². The smallest absolute Gasteiger partial charge is 0.166 e. The predicted molar refractivity (Wildman–Crippen MR) is 69.3 cm³/mol.